The number of aliphatic hydroxyl groups excluding tert-OH is 1. The van der Waals surface area contributed by atoms with Gasteiger partial charge in [0, 0.05) is 19.1 Å². The predicted octanol–water partition coefficient (Wildman–Crippen LogP) is 2.10. The molecule has 2 aliphatic heterocycles. The third-order valence-electron chi connectivity index (χ3n) is 5.50. The Kier molecular flexibility index (Phi) is 4.78. The molecule has 0 aromatic rings. The minimum Gasteiger partial charge on any atom is -0.393 e. The Balaban J connectivity index is 1.55. The van der Waals surface area contributed by atoms with Gasteiger partial charge in [-0.1, -0.05) is 19.3 Å². The Labute approximate surface area is 118 Å². The molecule has 3 heteroatoms. The van der Waals surface area contributed by atoms with Crippen LogP contribution in [-0.4, -0.2) is 59.8 Å². The fourth-order valence-electron chi connectivity index (χ4n) is 4.36. The smallest absolute Gasteiger partial charge is 0.0580 e. The second kappa shape index (κ2) is 6.55. The molecule has 3 rings (SSSR count). The van der Waals surface area contributed by atoms with Crippen LogP contribution in [0, 0.1) is 5.92 Å². The standard InChI is InChI=1S/C16H30N2O/c19-16-8-3-1-2-6-14(16)12-17-9-5-11-18-10-4-7-15(18)13-17/h14-16,19H,1-13H2. The van der Waals surface area contributed by atoms with Crippen LogP contribution in [0.4, 0.5) is 0 Å². The molecule has 0 amide bonds. The Morgan fingerprint density at radius 2 is 1.68 bits per heavy atom. The summed E-state index contributed by atoms with van der Waals surface area (Å²) in [4.78, 5) is 5.36. The van der Waals surface area contributed by atoms with E-state index in [0.29, 0.717) is 5.92 Å². The van der Waals surface area contributed by atoms with Gasteiger partial charge in [0.15, 0.2) is 0 Å². The van der Waals surface area contributed by atoms with Gasteiger partial charge in [-0.15, -0.1) is 0 Å². The zero-order valence-corrected chi connectivity index (χ0v) is 12.3. The lowest BCUT2D eigenvalue weighted by Gasteiger charge is -2.30. The average Bonchev–Trinajstić information content (AvgIpc) is 2.62. The molecule has 3 fully saturated rings. The second-order valence-electron chi connectivity index (χ2n) is 6.91. The molecule has 110 valence electrons. The maximum atomic E-state index is 10.3. The number of hydrogen-bond donors (Lipinski definition) is 1. The number of rotatable bonds is 2. The van der Waals surface area contributed by atoms with Crippen LogP contribution in [0.2, 0.25) is 0 Å². The first kappa shape index (κ1) is 13.8. The molecule has 19 heavy (non-hydrogen) atoms. The van der Waals surface area contributed by atoms with Crippen LogP contribution in [-0.2, 0) is 0 Å². The van der Waals surface area contributed by atoms with Gasteiger partial charge in [0.1, 0.15) is 0 Å². The van der Waals surface area contributed by atoms with Crippen LogP contribution in [0.5, 0.6) is 0 Å². The number of aliphatic hydroxyl groups is 1. The largest absolute Gasteiger partial charge is 0.393 e. The Morgan fingerprint density at radius 1 is 0.842 bits per heavy atom. The van der Waals surface area contributed by atoms with Crippen molar-refractivity contribution in [3.05, 3.63) is 0 Å². The van der Waals surface area contributed by atoms with Gasteiger partial charge in [-0.2, -0.15) is 0 Å². The number of hydrogen-bond acceptors (Lipinski definition) is 3. The van der Waals surface area contributed by atoms with Crippen molar-refractivity contribution in [3.8, 4) is 0 Å². The van der Waals surface area contributed by atoms with Crippen molar-refractivity contribution in [1.82, 2.24) is 9.80 Å². The fourth-order valence-corrected chi connectivity index (χ4v) is 4.36. The highest BCUT2D eigenvalue weighted by molar-refractivity contribution is 4.86. The normalized spacial score (nSPS) is 38.7. The Morgan fingerprint density at radius 3 is 2.63 bits per heavy atom. The van der Waals surface area contributed by atoms with Crippen LogP contribution in [0.3, 0.4) is 0 Å². The van der Waals surface area contributed by atoms with Crippen molar-refractivity contribution in [2.24, 2.45) is 5.92 Å². The van der Waals surface area contributed by atoms with E-state index in [4.69, 9.17) is 0 Å². The first-order valence-corrected chi connectivity index (χ1v) is 8.47. The van der Waals surface area contributed by atoms with E-state index >= 15 is 0 Å². The SMILES string of the molecule is OC1CCCCCC1CN1CCCN2CCCC2C1. The molecule has 1 N–H and O–H groups in total. The molecule has 3 atom stereocenters. The van der Waals surface area contributed by atoms with Crippen LogP contribution in [0.1, 0.15) is 51.4 Å². The van der Waals surface area contributed by atoms with E-state index in [1.54, 1.807) is 0 Å². The van der Waals surface area contributed by atoms with E-state index < -0.39 is 0 Å². The molecule has 0 aromatic carbocycles. The first-order valence-electron chi connectivity index (χ1n) is 8.47. The molecule has 0 aromatic heterocycles. The van der Waals surface area contributed by atoms with Gasteiger partial charge < -0.3 is 10.0 Å². The van der Waals surface area contributed by atoms with E-state index in [1.807, 2.05) is 0 Å². The van der Waals surface area contributed by atoms with Crippen LogP contribution < -0.4 is 0 Å². The van der Waals surface area contributed by atoms with E-state index in [2.05, 4.69) is 9.80 Å². The summed E-state index contributed by atoms with van der Waals surface area (Å²) in [7, 11) is 0. The lowest BCUT2D eigenvalue weighted by Crippen LogP contribution is -2.40. The Hall–Kier alpha value is -0.120. The Bertz CT molecular complexity index is 284. The van der Waals surface area contributed by atoms with E-state index in [0.717, 1.165) is 19.0 Å². The minimum absolute atomic E-state index is 0.0366. The van der Waals surface area contributed by atoms with Crippen molar-refractivity contribution in [1.29, 1.82) is 0 Å². The maximum absolute atomic E-state index is 10.3. The topological polar surface area (TPSA) is 26.7 Å². The lowest BCUT2D eigenvalue weighted by atomic mass is 9.96. The third-order valence-corrected chi connectivity index (χ3v) is 5.50. The van der Waals surface area contributed by atoms with Crippen LogP contribution >= 0.6 is 0 Å². The van der Waals surface area contributed by atoms with Crippen molar-refractivity contribution in [2.75, 3.05) is 32.7 Å². The molecule has 0 bridgehead atoms. The number of nitrogens with zero attached hydrogens (tertiary/aromatic N) is 2. The third kappa shape index (κ3) is 3.50. The highest BCUT2D eigenvalue weighted by Gasteiger charge is 2.31. The van der Waals surface area contributed by atoms with Gasteiger partial charge in [0.25, 0.3) is 0 Å². The van der Waals surface area contributed by atoms with E-state index in [9.17, 15) is 5.11 Å². The molecular weight excluding hydrogens is 236 g/mol. The summed E-state index contributed by atoms with van der Waals surface area (Å²) in [6.07, 6.45) is 10.2. The van der Waals surface area contributed by atoms with Crippen molar-refractivity contribution in [3.63, 3.8) is 0 Å². The molecule has 3 nitrogen and oxygen atoms in total. The summed E-state index contributed by atoms with van der Waals surface area (Å²) in [5.74, 6) is 0.537. The maximum Gasteiger partial charge on any atom is 0.0580 e. The highest BCUT2D eigenvalue weighted by Crippen LogP contribution is 2.26. The van der Waals surface area contributed by atoms with E-state index in [1.165, 1.54) is 71.1 Å². The zero-order valence-electron chi connectivity index (χ0n) is 12.3. The molecule has 0 radical (unpaired) electrons. The molecule has 0 spiro atoms. The quantitative estimate of drug-likeness (QED) is 0.775. The van der Waals surface area contributed by atoms with Gasteiger partial charge in [-0.05, 0) is 57.7 Å². The van der Waals surface area contributed by atoms with Gasteiger partial charge in [0.2, 0.25) is 0 Å². The lowest BCUT2D eigenvalue weighted by molar-refractivity contribution is 0.0713. The molecule has 3 unspecified atom stereocenters. The molecule has 2 heterocycles. The summed E-state index contributed by atoms with van der Waals surface area (Å²) < 4.78 is 0. The average molecular weight is 266 g/mol. The molecular formula is C16H30N2O. The number of fused-ring (bicyclic) bond motifs is 1. The van der Waals surface area contributed by atoms with E-state index in [-0.39, 0.29) is 6.10 Å². The summed E-state index contributed by atoms with van der Waals surface area (Å²) in [6.45, 7) is 6.27. The van der Waals surface area contributed by atoms with Crippen molar-refractivity contribution < 1.29 is 5.11 Å². The van der Waals surface area contributed by atoms with Crippen molar-refractivity contribution >= 4 is 0 Å². The molecule has 3 aliphatic rings. The van der Waals surface area contributed by atoms with Crippen LogP contribution in [0.25, 0.3) is 0 Å². The summed E-state index contributed by atoms with van der Waals surface area (Å²) in [6, 6.07) is 0.811. The molecule has 1 aliphatic carbocycles. The zero-order chi connectivity index (χ0) is 13.1. The highest BCUT2D eigenvalue weighted by atomic mass is 16.3. The molecule has 1 saturated carbocycles. The predicted molar refractivity (Wildman–Crippen MR) is 78.2 cm³/mol. The van der Waals surface area contributed by atoms with Gasteiger partial charge >= 0.3 is 0 Å². The van der Waals surface area contributed by atoms with Gasteiger partial charge in [0.05, 0.1) is 6.10 Å². The second-order valence-corrected chi connectivity index (χ2v) is 6.91. The van der Waals surface area contributed by atoms with Gasteiger partial charge in [-0.25, -0.2) is 0 Å². The monoisotopic (exact) mass is 266 g/mol. The summed E-state index contributed by atoms with van der Waals surface area (Å²) in [5, 5.41) is 10.3. The minimum atomic E-state index is -0.0366. The first-order chi connectivity index (χ1) is 9.33. The van der Waals surface area contributed by atoms with Crippen LogP contribution in [0.15, 0.2) is 0 Å². The summed E-state index contributed by atoms with van der Waals surface area (Å²) >= 11 is 0. The fraction of sp³-hybridized carbons (Fsp3) is 1.00. The van der Waals surface area contributed by atoms with Gasteiger partial charge in [-0.3, -0.25) is 4.90 Å². The molecule has 2 saturated heterocycles. The summed E-state index contributed by atoms with van der Waals surface area (Å²) in [5.41, 5.74) is 0. The van der Waals surface area contributed by atoms with Crippen molar-refractivity contribution in [2.45, 2.75) is 63.5 Å².